The lowest BCUT2D eigenvalue weighted by Crippen LogP contribution is -2.20. The molecule has 1 heterocycles. The molecule has 0 aliphatic heterocycles. The third-order valence-electron chi connectivity index (χ3n) is 5.77. The van der Waals surface area contributed by atoms with Crippen LogP contribution in [0.3, 0.4) is 0 Å². The summed E-state index contributed by atoms with van der Waals surface area (Å²) < 4.78 is 47.0. The van der Waals surface area contributed by atoms with Crippen LogP contribution in [0.4, 0.5) is 13.2 Å². The molecule has 0 aliphatic rings. The van der Waals surface area contributed by atoms with Crippen molar-refractivity contribution in [3.8, 4) is 17.1 Å². The number of hydrogen-bond acceptors (Lipinski definition) is 4. The molecule has 0 saturated heterocycles. The number of ether oxygens (including phenoxy) is 1. The molecular weight excluding hydrogens is 550 g/mol. The lowest BCUT2D eigenvalue weighted by atomic mass is 10.1. The van der Waals surface area contributed by atoms with E-state index in [0.29, 0.717) is 26.9 Å². The SMILES string of the molecule is O=c1c2ccccc2nc(-c2cccc(C(F)(F)F)c2)n1N=Cc1cccc(OCc2ccc(Cl)c(Cl)c2)c1. The number of hydrogen-bond donors (Lipinski definition) is 0. The van der Waals surface area contributed by atoms with Gasteiger partial charge in [-0.3, -0.25) is 4.79 Å². The summed E-state index contributed by atoms with van der Waals surface area (Å²) in [6, 6.07) is 23.4. The molecule has 1 aromatic heterocycles. The minimum atomic E-state index is -4.56. The smallest absolute Gasteiger partial charge is 0.416 e. The normalized spacial score (nSPS) is 11.8. The fraction of sp³-hybridized carbons (Fsp3) is 0.0690. The van der Waals surface area contributed by atoms with Crippen LogP contribution < -0.4 is 10.3 Å². The van der Waals surface area contributed by atoms with E-state index in [-0.39, 0.29) is 23.4 Å². The first-order valence-corrected chi connectivity index (χ1v) is 12.4. The number of fused-ring (bicyclic) bond motifs is 1. The van der Waals surface area contributed by atoms with Gasteiger partial charge in [0.25, 0.3) is 5.56 Å². The molecule has 10 heteroatoms. The van der Waals surface area contributed by atoms with Crippen molar-refractivity contribution in [2.75, 3.05) is 0 Å². The van der Waals surface area contributed by atoms with Gasteiger partial charge in [-0.25, -0.2) is 4.98 Å². The quantitative estimate of drug-likeness (QED) is 0.196. The van der Waals surface area contributed by atoms with Gasteiger partial charge in [0.15, 0.2) is 5.82 Å². The first-order valence-electron chi connectivity index (χ1n) is 11.6. The molecule has 0 spiro atoms. The van der Waals surface area contributed by atoms with Crippen LogP contribution in [0.1, 0.15) is 16.7 Å². The van der Waals surface area contributed by atoms with Crippen molar-refractivity contribution < 1.29 is 17.9 Å². The Bertz CT molecular complexity index is 1770. The molecule has 0 saturated carbocycles. The molecule has 196 valence electrons. The Morgan fingerprint density at radius 1 is 0.897 bits per heavy atom. The number of aromatic nitrogens is 2. The average molecular weight is 568 g/mol. The highest BCUT2D eigenvalue weighted by atomic mass is 35.5. The van der Waals surface area contributed by atoms with Gasteiger partial charge in [0.05, 0.1) is 32.7 Å². The Morgan fingerprint density at radius 3 is 2.49 bits per heavy atom. The lowest BCUT2D eigenvalue weighted by molar-refractivity contribution is -0.137. The Balaban J connectivity index is 1.50. The summed E-state index contributed by atoms with van der Waals surface area (Å²) in [4.78, 5) is 17.8. The van der Waals surface area contributed by atoms with Crippen molar-refractivity contribution in [2.45, 2.75) is 12.8 Å². The van der Waals surface area contributed by atoms with Crippen molar-refractivity contribution in [1.29, 1.82) is 0 Å². The first kappa shape index (κ1) is 26.5. The molecule has 0 amide bonds. The zero-order valence-electron chi connectivity index (χ0n) is 20.0. The summed E-state index contributed by atoms with van der Waals surface area (Å²) in [6.07, 6.45) is -3.14. The molecule has 0 bridgehead atoms. The number of halogens is 5. The molecule has 5 nitrogen and oxygen atoms in total. The summed E-state index contributed by atoms with van der Waals surface area (Å²) >= 11 is 12.0. The van der Waals surface area contributed by atoms with Crippen molar-refractivity contribution in [3.05, 3.63) is 128 Å². The molecule has 39 heavy (non-hydrogen) atoms. The third kappa shape index (κ3) is 5.97. The largest absolute Gasteiger partial charge is 0.489 e. The fourth-order valence-electron chi connectivity index (χ4n) is 3.86. The van der Waals surface area contributed by atoms with Crippen LogP contribution in [0.5, 0.6) is 5.75 Å². The number of benzene rings is 4. The molecule has 0 unspecified atom stereocenters. The van der Waals surface area contributed by atoms with Crippen LogP contribution >= 0.6 is 23.2 Å². The molecule has 0 fully saturated rings. The summed E-state index contributed by atoms with van der Waals surface area (Å²) in [6.45, 7) is 0.241. The van der Waals surface area contributed by atoms with Gasteiger partial charge in [0.1, 0.15) is 12.4 Å². The maximum absolute atomic E-state index is 13.4. The number of para-hydroxylation sites is 1. The van der Waals surface area contributed by atoms with Crippen LogP contribution in [0.25, 0.3) is 22.3 Å². The highest BCUT2D eigenvalue weighted by molar-refractivity contribution is 6.42. The van der Waals surface area contributed by atoms with E-state index in [0.717, 1.165) is 22.4 Å². The van der Waals surface area contributed by atoms with E-state index >= 15 is 0 Å². The van der Waals surface area contributed by atoms with Gasteiger partial charge in [-0.05, 0) is 59.7 Å². The van der Waals surface area contributed by atoms with E-state index in [1.165, 1.54) is 18.3 Å². The maximum Gasteiger partial charge on any atom is 0.416 e. The van der Waals surface area contributed by atoms with E-state index in [9.17, 15) is 18.0 Å². The molecule has 0 aliphatic carbocycles. The molecular formula is C29H18Cl2F3N3O2. The van der Waals surface area contributed by atoms with Crippen LogP contribution in [0, 0.1) is 0 Å². The standard InChI is InChI=1S/C29H18Cl2F3N3O2/c30-24-12-11-19(14-25(24)31)17-39-22-8-3-5-18(13-22)16-35-37-27(20-6-4-7-21(15-20)29(32,33)34)36-26-10-2-1-9-23(26)28(37)38/h1-16H,17H2. The van der Waals surface area contributed by atoms with Crippen molar-refractivity contribution >= 4 is 40.3 Å². The van der Waals surface area contributed by atoms with Crippen molar-refractivity contribution in [2.24, 2.45) is 5.10 Å². The van der Waals surface area contributed by atoms with Crippen LogP contribution in [-0.2, 0) is 12.8 Å². The fourth-order valence-corrected chi connectivity index (χ4v) is 4.18. The van der Waals surface area contributed by atoms with Gasteiger partial charge < -0.3 is 4.74 Å². The van der Waals surface area contributed by atoms with Gasteiger partial charge >= 0.3 is 6.18 Å². The van der Waals surface area contributed by atoms with E-state index in [2.05, 4.69) is 10.1 Å². The second-order valence-electron chi connectivity index (χ2n) is 8.50. The van der Waals surface area contributed by atoms with Gasteiger partial charge in [0, 0.05) is 5.56 Å². The predicted molar refractivity (Wildman–Crippen MR) is 147 cm³/mol. The molecule has 0 atom stereocenters. The summed E-state index contributed by atoms with van der Waals surface area (Å²) in [5.74, 6) is 0.514. The van der Waals surface area contributed by atoms with Gasteiger partial charge in [0.2, 0.25) is 0 Å². The average Bonchev–Trinajstić information content (AvgIpc) is 2.93. The van der Waals surface area contributed by atoms with E-state index in [1.54, 1.807) is 66.7 Å². The zero-order valence-corrected chi connectivity index (χ0v) is 21.5. The first-order chi connectivity index (χ1) is 18.7. The summed E-state index contributed by atoms with van der Waals surface area (Å²) in [5.41, 5.74) is 0.489. The molecule has 4 aromatic carbocycles. The minimum Gasteiger partial charge on any atom is -0.489 e. The Kier molecular flexibility index (Phi) is 7.41. The zero-order chi connectivity index (χ0) is 27.6. The lowest BCUT2D eigenvalue weighted by Gasteiger charge is -2.12. The molecule has 5 rings (SSSR count). The second kappa shape index (κ2) is 10.9. The summed E-state index contributed by atoms with van der Waals surface area (Å²) in [5, 5.41) is 5.47. The van der Waals surface area contributed by atoms with Gasteiger partial charge in [-0.15, -0.1) is 0 Å². The minimum absolute atomic E-state index is 0.0203. The second-order valence-corrected chi connectivity index (χ2v) is 9.32. The maximum atomic E-state index is 13.4. The van der Waals surface area contributed by atoms with Crippen molar-refractivity contribution in [3.63, 3.8) is 0 Å². The number of alkyl halides is 3. The molecule has 0 radical (unpaired) electrons. The van der Waals surface area contributed by atoms with Crippen molar-refractivity contribution in [1.82, 2.24) is 9.66 Å². The highest BCUT2D eigenvalue weighted by Gasteiger charge is 2.31. The summed E-state index contributed by atoms with van der Waals surface area (Å²) in [7, 11) is 0. The van der Waals surface area contributed by atoms with E-state index in [4.69, 9.17) is 27.9 Å². The molecule has 0 N–H and O–H groups in total. The Labute approximate surface area is 230 Å². The van der Waals surface area contributed by atoms with Crippen LogP contribution in [0.2, 0.25) is 10.0 Å². The topological polar surface area (TPSA) is 56.5 Å². The van der Waals surface area contributed by atoms with E-state index < -0.39 is 17.3 Å². The van der Waals surface area contributed by atoms with E-state index in [1.807, 2.05) is 0 Å². The highest BCUT2D eigenvalue weighted by Crippen LogP contribution is 2.32. The predicted octanol–water partition coefficient (Wildman–Crippen LogP) is 7.85. The number of nitrogens with zero attached hydrogens (tertiary/aromatic N) is 3. The van der Waals surface area contributed by atoms with Gasteiger partial charge in [-0.2, -0.15) is 22.9 Å². The van der Waals surface area contributed by atoms with Crippen LogP contribution in [0.15, 0.2) is 101 Å². The Hall–Kier alpha value is -4.14. The van der Waals surface area contributed by atoms with Gasteiger partial charge in [-0.1, -0.05) is 65.7 Å². The third-order valence-corrected chi connectivity index (χ3v) is 6.51. The van der Waals surface area contributed by atoms with Crippen LogP contribution in [-0.4, -0.2) is 15.9 Å². The monoisotopic (exact) mass is 567 g/mol. The Morgan fingerprint density at radius 2 is 1.69 bits per heavy atom. The number of rotatable bonds is 6. The molecule has 5 aromatic rings.